The summed E-state index contributed by atoms with van der Waals surface area (Å²) in [6.07, 6.45) is 0.929. The molecule has 1 atom stereocenters. The van der Waals surface area contributed by atoms with Gasteiger partial charge in [-0.1, -0.05) is 12.1 Å². The van der Waals surface area contributed by atoms with Gasteiger partial charge in [-0.05, 0) is 32.2 Å². The second-order valence-corrected chi connectivity index (χ2v) is 4.37. The molecule has 0 radical (unpaired) electrons. The summed E-state index contributed by atoms with van der Waals surface area (Å²) in [5.41, 5.74) is 3.06. The number of likely N-dealkylation sites (N-methyl/N-ethyl adjacent to an activating group) is 1. The van der Waals surface area contributed by atoms with Crippen LogP contribution < -0.4 is 10.1 Å². The van der Waals surface area contributed by atoms with Crippen LogP contribution in [0.4, 0.5) is 0 Å². The fraction of sp³-hybridized carbons (Fsp3) is 0.357. The predicted octanol–water partition coefficient (Wildman–Crippen LogP) is 2.24. The summed E-state index contributed by atoms with van der Waals surface area (Å²) in [5, 5.41) is 10.6. The third kappa shape index (κ3) is 2.71. The van der Waals surface area contributed by atoms with Gasteiger partial charge in [-0.15, -0.1) is 0 Å². The second-order valence-electron chi connectivity index (χ2n) is 4.37. The van der Waals surface area contributed by atoms with Crippen LogP contribution in [-0.2, 0) is 6.42 Å². The van der Waals surface area contributed by atoms with Crippen molar-refractivity contribution in [2.75, 3.05) is 14.2 Å². The normalized spacial score (nSPS) is 12.4. The van der Waals surface area contributed by atoms with Gasteiger partial charge in [-0.2, -0.15) is 5.10 Å². The zero-order chi connectivity index (χ0) is 13.0. The van der Waals surface area contributed by atoms with E-state index < -0.39 is 0 Å². The maximum Gasteiger partial charge on any atom is 0.128 e. The summed E-state index contributed by atoms with van der Waals surface area (Å²) in [7, 11) is 3.64. The molecule has 0 spiro atoms. The number of hydrogen-bond donors (Lipinski definition) is 2. The molecule has 2 N–H and O–H groups in total. The zero-order valence-corrected chi connectivity index (χ0v) is 11.0. The van der Waals surface area contributed by atoms with Crippen LogP contribution in [0.15, 0.2) is 30.3 Å². The first-order valence-electron chi connectivity index (χ1n) is 6.09. The van der Waals surface area contributed by atoms with E-state index in [0.717, 1.165) is 29.1 Å². The van der Waals surface area contributed by atoms with Crippen molar-refractivity contribution in [2.45, 2.75) is 19.4 Å². The van der Waals surface area contributed by atoms with Crippen LogP contribution in [-0.4, -0.2) is 30.4 Å². The van der Waals surface area contributed by atoms with Crippen molar-refractivity contribution in [3.05, 3.63) is 36.0 Å². The minimum Gasteiger partial charge on any atom is -0.496 e. The SMILES string of the molecule is CNC(C)Cc1cc(-c2ccccc2OC)n[nH]1. The van der Waals surface area contributed by atoms with Gasteiger partial charge in [0.15, 0.2) is 0 Å². The van der Waals surface area contributed by atoms with Gasteiger partial charge < -0.3 is 10.1 Å². The van der Waals surface area contributed by atoms with Crippen LogP contribution in [0.25, 0.3) is 11.3 Å². The zero-order valence-electron chi connectivity index (χ0n) is 11.0. The van der Waals surface area contributed by atoms with E-state index in [9.17, 15) is 0 Å². The third-order valence-electron chi connectivity index (χ3n) is 3.03. The van der Waals surface area contributed by atoms with Gasteiger partial charge in [0.1, 0.15) is 5.75 Å². The second kappa shape index (κ2) is 5.69. The summed E-state index contributed by atoms with van der Waals surface area (Å²) in [4.78, 5) is 0. The molecule has 2 aromatic rings. The number of nitrogens with one attached hydrogen (secondary N) is 2. The number of rotatable bonds is 5. The number of H-pyrrole nitrogens is 1. The lowest BCUT2D eigenvalue weighted by molar-refractivity contribution is 0.416. The van der Waals surface area contributed by atoms with Crippen LogP contribution in [0.3, 0.4) is 0 Å². The van der Waals surface area contributed by atoms with Crippen molar-refractivity contribution in [3.8, 4) is 17.0 Å². The van der Waals surface area contributed by atoms with E-state index in [4.69, 9.17) is 4.74 Å². The molecule has 0 aliphatic rings. The Morgan fingerprint density at radius 3 is 2.89 bits per heavy atom. The number of ether oxygens (including phenoxy) is 1. The molecule has 4 heteroatoms. The van der Waals surface area contributed by atoms with Crippen LogP contribution in [0.1, 0.15) is 12.6 Å². The lowest BCUT2D eigenvalue weighted by atomic mass is 10.1. The van der Waals surface area contributed by atoms with E-state index in [1.165, 1.54) is 0 Å². The predicted molar refractivity (Wildman–Crippen MR) is 72.8 cm³/mol. The molecule has 0 aliphatic heterocycles. The van der Waals surface area contributed by atoms with Crippen LogP contribution >= 0.6 is 0 Å². The topological polar surface area (TPSA) is 49.9 Å². The van der Waals surface area contributed by atoms with Gasteiger partial charge in [0.25, 0.3) is 0 Å². The molecule has 96 valence electrons. The number of aromatic nitrogens is 2. The molecule has 4 nitrogen and oxygen atoms in total. The molecule has 18 heavy (non-hydrogen) atoms. The van der Waals surface area contributed by atoms with E-state index in [1.54, 1.807) is 7.11 Å². The van der Waals surface area contributed by atoms with Crippen LogP contribution in [0, 0.1) is 0 Å². The summed E-state index contributed by atoms with van der Waals surface area (Å²) >= 11 is 0. The first-order valence-corrected chi connectivity index (χ1v) is 6.09. The Morgan fingerprint density at radius 1 is 1.39 bits per heavy atom. The molecule has 0 amide bonds. The molecule has 0 saturated carbocycles. The first-order chi connectivity index (χ1) is 8.74. The van der Waals surface area contributed by atoms with Crippen LogP contribution in [0.5, 0.6) is 5.75 Å². The van der Waals surface area contributed by atoms with Gasteiger partial charge >= 0.3 is 0 Å². The molecular weight excluding hydrogens is 226 g/mol. The highest BCUT2D eigenvalue weighted by molar-refractivity contribution is 5.67. The van der Waals surface area contributed by atoms with Crippen molar-refractivity contribution < 1.29 is 4.74 Å². The smallest absolute Gasteiger partial charge is 0.128 e. The number of aromatic amines is 1. The Kier molecular flexibility index (Phi) is 3.99. The summed E-state index contributed by atoms with van der Waals surface area (Å²) in [6.45, 7) is 2.14. The van der Waals surface area contributed by atoms with Crippen molar-refractivity contribution in [2.24, 2.45) is 0 Å². The standard InChI is InChI=1S/C14H19N3O/c1-10(15-2)8-11-9-13(17-16-11)12-6-4-5-7-14(12)18-3/h4-7,9-10,15H,8H2,1-3H3,(H,16,17). The number of nitrogens with zero attached hydrogens (tertiary/aromatic N) is 1. The Morgan fingerprint density at radius 2 is 2.17 bits per heavy atom. The molecule has 0 fully saturated rings. The van der Waals surface area contributed by atoms with Gasteiger partial charge in [0.2, 0.25) is 0 Å². The van der Waals surface area contributed by atoms with Crippen molar-refractivity contribution in [1.29, 1.82) is 0 Å². The molecule has 0 bridgehead atoms. The van der Waals surface area contributed by atoms with E-state index in [0.29, 0.717) is 6.04 Å². The van der Waals surface area contributed by atoms with Gasteiger partial charge in [0, 0.05) is 23.7 Å². The summed E-state index contributed by atoms with van der Waals surface area (Å²) in [6, 6.07) is 10.4. The molecular formula is C14H19N3O. The van der Waals surface area contributed by atoms with E-state index in [1.807, 2.05) is 31.3 Å². The van der Waals surface area contributed by atoms with E-state index in [-0.39, 0.29) is 0 Å². The molecule has 1 aromatic heterocycles. The lowest BCUT2D eigenvalue weighted by Crippen LogP contribution is -2.23. The Hall–Kier alpha value is -1.81. The Labute approximate surface area is 107 Å². The van der Waals surface area contributed by atoms with E-state index >= 15 is 0 Å². The fourth-order valence-electron chi connectivity index (χ4n) is 1.89. The van der Waals surface area contributed by atoms with Crippen molar-refractivity contribution >= 4 is 0 Å². The highest BCUT2D eigenvalue weighted by Gasteiger charge is 2.10. The van der Waals surface area contributed by atoms with Crippen LogP contribution in [0.2, 0.25) is 0 Å². The highest BCUT2D eigenvalue weighted by Crippen LogP contribution is 2.28. The minimum atomic E-state index is 0.427. The Balaban J connectivity index is 2.24. The molecule has 1 heterocycles. The molecule has 1 unspecified atom stereocenters. The Bertz CT molecular complexity index is 507. The number of para-hydroxylation sites is 1. The lowest BCUT2D eigenvalue weighted by Gasteiger charge is -2.07. The van der Waals surface area contributed by atoms with Crippen molar-refractivity contribution in [1.82, 2.24) is 15.5 Å². The maximum atomic E-state index is 5.35. The molecule has 0 aliphatic carbocycles. The summed E-state index contributed by atoms with van der Waals surface area (Å²) < 4.78 is 5.35. The third-order valence-corrected chi connectivity index (χ3v) is 3.03. The number of hydrogen-bond acceptors (Lipinski definition) is 3. The van der Waals surface area contributed by atoms with Gasteiger partial charge in [-0.3, -0.25) is 5.10 Å². The van der Waals surface area contributed by atoms with E-state index in [2.05, 4.69) is 28.5 Å². The minimum absolute atomic E-state index is 0.427. The fourth-order valence-corrected chi connectivity index (χ4v) is 1.89. The number of methoxy groups -OCH3 is 1. The monoisotopic (exact) mass is 245 g/mol. The van der Waals surface area contributed by atoms with Gasteiger partial charge in [0.05, 0.1) is 12.8 Å². The highest BCUT2D eigenvalue weighted by atomic mass is 16.5. The number of benzene rings is 1. The molecule has 0 saturated heterocycles. The average Bonchev–Trinajstić information content (AvgIpc) is 2.86. The first kappa shape index (κ1) is 12.6. The quantitative estimate of drug-likeness (QED) is 0.849. The van der Waals surface area contributed by atoms with Crippen molar-refractivity contribution in [3.63, 3.8) is 0 Å². The molecule has 1 aromatic carbocycles. The van der Waals surface area contributed by atoms with Gasteiger partial charge in [-0.25, -0.2) is 0 Å². The largest absolute Gasteiger partial charge is 0.496 e. The average molecular weight is 245 g/mol. The maximum absolute atomic E-state index is 5.35. The molecule has 2 rings (SSSR count). The summed E-state index contributed by atoms with van der Waals surface area (Å²) in [5.74, 6) is 0.845.